The molecule has 1 aliphatic heterocycles. The van der Waals surface area contributed by atoms with Crippen LogP contribution in [0.5, 0.6) is 0 Å². The van der Waals surface area contributed by atoms with Crippen LogP contribution in [0.2, 0.25) is 0 Å². The Morgan fingerprint density at radius 2 is 2.38 bits per heavy atom. The van der Waals surface area contributed by atoms with Gasteiger partial charge >= 0.3 is 0 Å². The lowest BCUT2D eigenvalue weighted by Gasteiger charge is -1.91. The van der Waals surface area contributed by atoms with Gasteiger partial charge in [0.1, 0.15) is 0 Å². The number of hydrogen-bond donors (Lipinski definition) is 0. The van der Waals surface area contributed by atoms with Crippen molar-refractivity contribution in [2.75, 3.05) is 6.73 Å². The van der Waals surface area contributed by atoms with Crippen molar-refractivity contribution in [1.29, 1.82) is 0 Å². The van der Waals surface area contributed by atoms with Gasteiger partial charge in [0.15, 0.2) is 6.73 Å². The predicted molar refractivity (Wildman–Crippen MR) is 27.6 cm³/mol. The van der Waals surface area contributed by atoms with Crippen LogP contribution >= 0.6 is 0 Å². The summed E-state index contributed by atoms with van der Waals surface area (Å²) in [5.74, 6) is -0.120. The Kier molecular flexibility index (Phi) is 1.06. The zero-order valence-electron chi connectivity index (χ0n) is 4.68. The molecule has 0 atom stereocenters. The highest BCUT2D eigenvalue weighted by Gasteiger charge is 2.26. The zero-order valence-corrected chi connectivity index (χ0v) is 4.68. The van der Waals surface area contributed by atoms with Gasteiger partial charge in [-0.15, -0.1) is 0 Å². The second kappa shape index (κ2) is 1.59. The highest BCUT2D eigenvalue weighted by atomic mass is 16.8. The normalized spacial score (nSPS) is 15.9. The summed E-state index contributed by atoms with van der Waals surface area (Å²) in [5.41, 5.74) is 0.516. The van der Waals surface area contributed by atoms with E-state index in [9.17, 15) is 4.79 Å². The summed E-state index contributed by atoms with van der Waals surface area (Å²) in [6.07, 6.45) is 0. The summed E-state index contributed by atoms with van der Waals surface area (Å²) >= 11 is 0. The van der Waals surface area contributed by atoms with Gasteiger partial charge in [-0.25, -0.2) is 4.84 Å². The fourth-order valence-electron chi connectivity index (χ4n) is 0.359. The molecule has 1 fully saturated rings. The molecule has 3 heteroatoms. The lowest BCUT2D eigenvalue weighted by atomic mass is 10.3. The summed E-state index contributed by atoms with van der Waals surface area (Å²) < 4.78 is 0. The smallest absolute Gasteiger partial charge is 0.267 e. The van der Waals surface area contributed by atoms with Gasteiger partial charge in [0.2, 0.25) is 0 Å². The number of rotatable bonds is 1. The first-order valence-corrected chi connectivity index (χ1v) is 2.32. The minimum Gasteiger partial charge on any atom is -0.267 e. The standard InChI is InChI=1S/C5H7NO2/c1-4(2)5(7)6-3-8-6/h1,3H2,2H3. The van der Waals surface area contributed by atoms with Crippen LogP contribution in [-0.2, 0) is 9.63 Å². The molecule has 1 aliphatic rings. The number of carbonyl (C=O) groups is 1. The van der Waals surface area contributed by atoms with Crippen LogP contribution in [0.25, 0.3) is 0 Å². The first-order valence-electron chi connectivity index (χ1n) is 2.32. The maximum absolute atomic E-state index is 10.6. The van der Waals surface area contributed by atoms with Crippen molar-refractivity contribution in [2.45, 2.75) is 6.92 Å². The largest absolute Gasteiger partial charge is 0.274 e. The van der Waals surface area contributed by atoms with Crippen molar-refractivity contribution in [2.24, 2.45) is 0 Å². The van der Waals surface area contributed by atoms with Crippen LogP contribution in [0.4, 0.5) is 0 Å². The lowest BCUT2D eigenvalue weighted by molar-refractivity contribution is -0.127. The summed E-state index contributed by atoms with van der Waals surface area (Å²) in [5, 5.41) is 1.25. The molecular formula is C5H7NO2. The predicted octanol–water partition coefficient (Wildman–Crippen LogP) is 0.294. The van der Waals surface area contributed by atoms with Gasteiger partial charge in [-0.05, 0) is 6.92 Å². The lowest BCUT2D eigenvalue weighted by Crippen LogP contribution is -2.09. The number of amides is 1. The van der Waals surface area contributed by atoms with E-state index in [2.05, 4.69) is 11.4 Å². The molecule has 0 aromatic heterocycles. The molecular weight excluding hydrogens is 106 g/mol. The van der Waals surface area contributed by atoms with Crippen molar-refractivity contribution in [1.82, 2.24) is 5.06 Å². The van der Waals surface area contributed by atoms with Gasteiger partial charge in [0, 0.05) is 5.57 Å². The van der Waals surface area contributed by atoms with Gasteiger partial charge in [-0.2, -0.15) is 5.06 Å². The molecule has 0 aromatic rings. The molecule has 0 radical (unpaired) electrons. The molecule has 0 spiro atoms. The maximum atomic E-state index is 10.6. The Labute approximate surface area is 47.5 Å². The Balaban J connectivity index is 2.45. The zero-order chi connectivity index (χ0) is 6.15. The fourth-order valence-corrected chi connectivity index (χ4v) is 0.359. The van der Waals surface area contributed by atoms with Gasteiger partial charge in [0.25, 0.3) is 5.91 Å². The molecule has 44 valence electrons. The van der Waals surface area contributed by atoms with Crippen LogP contribution < -0.4 is 0 Å². The number of hydrogen-bond acceptors (Lipinski definition) is 2. The summed E-state index contributed by atoms with van der Waals surface area (Å²) in [4.78, 5) is 15.2. The molecule has 8 heavy (non-hydrogen) atoms. The number of carbonyl (C=O) groups excluding carboxylic acids is 1. The van der Waals surface area contributed by atoms with Gasteiger partial charge < -0.3 is 0 Å². The molecule has 1 amide bonds. The molecule has 0 aromatic carbocycles. The molecule has 1 heterocycles. The van der Waals surface area contributed by atoms with Crippen LogP contribution in [-0.4, -0.2) is 17.7 Å². The molecule has 1 saturated heterocycles. The highest BCUT2D eigenvalue weighted by molar-refractivity contribution is 5.92. The fraction of sp³-hybridized carbons (Fsp3) is 0.400. The van der Waals surface area contributed by atoms with Gasteiger partial charge in [-0.3, -0.25) is 4.79 Å². The molecule has 3 nitrogen and oxygen atoms in total. The van der Waals surface area contributed by atoms with Crippen LogP contribution in [0.1, 0.15) is 6.92 Å². The average Bonchev–Trinajstić information content (AvgIpc) is 2.43. The monoisotopic (exact) mass is 113 g/mol. The van der Waals surface area contributed by atoms with E-state index in [0.29, 0.717) is 12.3 Å². The van der Waals surface area contributed by atoms with Crippen LogP contribution in [0.15, 0.2) is 12.2 Å². The summed E-state index contributed by atoms with van der Waals surface area (Å²) in [7, 11) is 0. The SMILES string of the molecule is C=C(C)C(=O)N1CO1. The van der Waals surface area contributed by atoms with Crippen molar-refractivity contribution in [3.8, 4) is 0 Å². The van der Waals surface area contributed by atoms with E-state index in [1.807, 2.05) is 0 Å². The van der Waals surface area contributed by atoms with Crippen LogP contribution in [0.3, 0.4) is 0 Å². The second-order valence-corrected chi connectivity index (χ2v) is 1.72. The highest BCUT2D eigenvalue weighted by Crippen LogP contribution is 2.09. The quantitative estimate of drug-likeness (QED) is 0.361. The molecule has 0 N–H and O–H groups in total. The third-order valence-corrected chi connectivity index (χ3v) is 0.850. The maximum Gasteiger partial charge on any atom is 0.274 e. The Morgan fingerprint density at radius 1 is 1.88 bits per heavy atom. The molecule has 0 unspecified atom stereocenters. The number of nitrogens with zero attached hydrogens (tertiary/aromatic N) is 1. The Bertz CT molecular complexity index is 137. The Hall–Kier alpha value is -0.830. The van der Waals surface area contributed by atoms with Gasteiger partial charge in [0.05, 0.1) is 0 Å². The van der Waals surface area contributed by atoms with Crippen molar-refractivity contribution < 1.29 is 9.63 Å². The molecule has 0 aliphatic carbocycles. The third kappa shape index (κ3) is 0.869. The molecule has 0 saturated carbocycles. The van der Waals surface area contributed by atoms with E-state index in [0.717, 1.165) is 0 Å². The van der Waals surface area contributed by atoms with Crippen molar-refractivity contribution in [3.05, 3.63) is 12.2 Å². The van der Waals surface area contributed by atoms with E-state index in [1.54, 1.807) is 6.92 Å². The van der Waals surface area contributed by atoms with E-state index in [-0.39, 0.29) is 5.91 Å². The van der Waals surface area contributed by atoms with E-state index in [1.165, 1.54) is 5.06 Å². The van der Waals surface area contributed by atoms with E-state index < -0.39 is 0 Å². The number of hydroxylamine groups is 2. The topological polar surface area (TPSA) is 32.6 Å². The first-order chi connectivity index (χ1) is 3.72. The summed E-state index contributed by atoms with van der Waals surface area (Å²) in [6, 6.07) is 0. The minimum atomic E-state index is -0.120. The third-order valence-electron chi connectivity index (χ3n) is 0.850. The molecule has 1 rings (SSSR count). The van der Waals surface area contributed by atoms with Crippen molar-refractivity contribution in [3.63, 3.8) is 0 Å². The average molecular weight is 113 g/mol. The van der Waals surface area contributed by atoms with Crippen LogP contribution in [0, 0.1) is 0 Å². The minimum absolute atomic E-state index is 0.120. The van der Waals surface area contributed by atoms with Gasteiger partial charge in [-0.1, -0.05) is 6.58 Å². The second-order valence-electron chi connectivity index (χ2n) is 1.72. The van der Waals surface area contributed by atoms with E-state index in [4.69, 9.17) is 0 Å². The molecule has 0 bridgehead atoms. The van der Waals surface area contributed by atoms with Crippen molar-refractivity contribution >= 4 is 5.91 Å². The van der Waals surface area contributed by atoms with E-state index >= 15 is 0 Å². The Morgan fingerprint density at radius 3 is 2.50 bits per heavy atom. The summed E-state index contributed by atoms with van der Waals surface area (Å²) in [6.45, 7) is 5.52. The first kappa shape index (κ1) is 5.31.